The van der Waals surface area contributed by atoms with Gasteiger partial charge in [0.15, 0.2) is 18.1 Å². The van der Waals surface area contributed by atoms with Crippen molar-refractivity contribution in [2.24, 2.45) is 0 Å². The van der Waals surface area contributed by atoms with E-state index in [0.717, 1.165) is 29.0 Å². The molecule has 0 fully saturated rings. The number of aromatic nitrogens is 1. The number of amides is 1. The van der Waals surface area contributed by atoms with Crippen molar-refractivity contribution >= 4 is 40.1 Å². The van der Waals surface area contributed by atoms with E-state index in [0.29, 0.717) is 40.1 Å². The van der Waals surface area contributed by atoms with Crippen LogP contribution in [0.2, 0.25) is 0 Å². The number of hydrogen-bond donors (Lipinski definition) is 1. The maximum Gasteiger partial charge on any atom is 0.339 e. The van der Waals surface area contributed by atoms with E-state index >= 15 is 0 Å². The third-order valence-electron chi connectivity index (χ3n) is 6.01. The summed E-state index contributed by atoms with van der Waals surface area (Å²) in [5.41, 5.74) is 4.19. The number of furan rings is 1. The molecule has 2 heterocycles. The standard InChI is InChI=1S/C28H24N2O6/c1-33-23-12-10-18(15-24(23)34-2)29-25(31)16-36-28(32)26-20-7-3-4-8-22(20)30-27-17(9-11-21(26)27)14-19-6-5-13-35-19/h3-8,10,12-15H,9,11,16H2,1-2H3,(H,29,31)/b17-14+. The molecule has 4 aromatic rings. The van der Waals surface area contributed by atoms with Gasteiger partial charge in [-0.05, 0) is 60.4 Å². The van der Waals surface area contributed by atoms with E-state index in [1.165, 1.54) is 14.2 Å². The molecule has 0 atom stereocenters. The molecule has 2 aromatic heterocycles. The fourth-order valence-corrected chi connectivity index (χ4v) is 4.37. The van der Waals surface area contributed by atoms with E-state index < -0.39 is 18.5 Å². The van der Waals surface area contributed by atoms with E-state index in [1.807, 2.05) is 42.5 Å². The van der Waals surface area contributed by atoms with Gasteiger partial charge in [0, 0.05) is 17.1 Å². The maximum absolute atomic E-state index is 13.3. The van der Waals surface area contributed by atoms with Crippen LogP contribution in [0.5, 0.6) is 11.5 Å². The monoisotopic (exact) mass is 484 g/mol. The van der Waals surface area contributed by atoms with Crippen LogP contribution in [0, 0.1) is 0 Å². The lowest BCUT2D eigenvalue weighted by Gasteiger charge is -2.13. The molecule has 0 spiro atoms. The number of rotatable bonds is 7. The second-order valence-corrected chi connectivity index (χ2v) is 8.21. The van der Waals surface area contributed by atoms with E-state index in [4.69, 9.17) is 23.6 Å². The Morgan fingerprint density at radius 1 is 1.03 bits per heavy atom. The molecule has 1 aliphatic carbocycles. The summed E-state index contributed by atoms with van der Waals surface area (Å²) in [6.45, 7) is -0.437. The molecule has 1 N–H and O–H groups in total. The fourth-order valence-electron chi connectivity index (χ4n) is 4.37. The normalized spacial score (nSPS) is 13.4. The summed E-state index contributed by atoms with van der Waals surface area (Å²) in [5.74, 6) is 0.713. The molecule has 2 aromatic carbocycles. The van der Waals surface area contributed by atoms with Crippen LogP contribution < -0.4 is 14.8 Å². The van der Waals surface area contributed by atoms with Crippen molar-refractivity contribution in [2.75, 3.05) is 26.1 Å². The molecule has 0 aliphatic heterocycles. The summed E-state index contributed by atoms with van der Waals surface area (Å²) >= 11 is 0. The van der Waals surface area contributed by atoms with Crippen LogP contribution in [-0.4, -0.2) is 37.7 Å². The summed E-state index contributed by atoms with van der Waals surface area (Å²) in [6.07, 6.45) is 4.92. The molecular formula is C28H24N2O6. The minimum atomic E-state index is -0.563. The van der Waals surface area contributed by atoms with Gasteiger partial charge in [-0.15, -0.1) is 0 Å². The first-order valence-corrected chi connectivity index (χ1v) is 11.4. The van der Waals surface area contributed by atoms with E-state index in [9.17, 15) is 9.59 Å². The van der Waals surface area contributed by atoms with Crippen molar-refractivity contribution in [3.8, 4) is 11.5 Å². The Bertz CT molecular complexity index is 1470. The number of nitrogens with one attached hydrogen (secondary N) is 1. The molecule has 8 nitrogen and oxygen atoms in total. The summed E-state index contributed by atoms with van der Waals surface area (Å²) in [6, 6.07) is 16.1. The smallest absolute Gasteiger partial charge is 0.339 e. The maximum atomic E-state index is 13.3. The topological polar surface area (TPSA) is 99.9 Å². The molecule has 0 bridgehead atoms. The number of para-hydroxylation sites is 1. The number of anilines is 1. The number of ether oxygens (including phenoxy) is 3. The Morgan fingerprint density at radius 2 is 1.86 bits per heavy atom. The van der Waals surface area contributed by atoms with Gasteiger partial charge in [0.05, 0.1) is 37.3 Å². The third-order valence-corrected chi connectivity index (χ3v) is 6.01. The Hall–Kier alpha value is -4.59. The van der Waals surface area contributed by atoms with Gasteiger partial charge < -0.3 is 23.9 Å². The molecule has 5 rings (SSSR count). The Balaban J connectivity index is 1.38. The van der Waals surface area contributed by atoms with Crippen LogP contribution in [0.4, 0.5) is 5.69 Å². The van der Waals surface area contributed by atoms with Crippen molar-refractivity contribution < 1.29 is 28.2 Å². The first-order valence-electron chi connectivity index (χ1n) is 11.4. The van der Waals surface area contributed by atoms with Gasteiger partial charge in [0.2, 0.25) is 0 Å². The number of hydrogen-bond acceptors (Lipinski definition) is 7. The van der Waals surface area contributed by atoms with Crippen molar-refractivity contribution in [3.05, 3.63) is 83.4 Å². The van der Waals surface area contributed by atoms with Gasteiger partial charge in [0.25, 0.3) is 5.91 Å². The number of allylic oxidation sites excluding steroid dienone is 1. The highest BCUT2D eigenvalue weighted by atomic mass is 16.5. The van der Waals surface area contributed by atoms with E-state index in [-0.39, 0.29) is 0 Å². The average molecular weight is 485 g/mol. The van der Waals surface area contributed by atoms with Gasteiger partial charge in [-0.2, -0.15) is 0 Å². The third kappa shape index (κ3) is 4.53. The number of fused-ring (bicyclic) bond motifs is 2. The predicted octanol–water partition coefficient (Wildman–Crippen LogP) is 5.13. The first-order chi connectivity index (χ1) is 17.6. The molecular weight excluding hydrogens is 460 g/mol. The van der Waals surface area contributed by atoms with Gasteiger partial charge >= 0.3 is 5.97 Å². The van der Waals surface area contributed by atoms with Crippen molar-refractivity contribution in [1.29, 1.82) is 0 Å². The Kier molecular flexibility index (Phi) is 6.40. The van der Waals surface area contributed by atoms with Crippen LogP contribution in [0.1, 0.15) is 33.8 Å². The lowest BCUT2D eigenvalue weighted by Crippen LogP contribution is -2.21. The highest BCUT2D eigenvalue weighted by Crippen LogP contribution is 2.38. The second kappa shape index (κ2) is 9.95. The number of nitrogens with zero attached hydrogens (tertiary/aromatic N) is 1. The Labute approximate surface area is 207 Å². The van der Waals surface area contributed by atoms with Gasteiger partial charge in [-0.3, -0.25) is 4.79 Å². The molecule has 0 radical (unpaired) electrons. The molecule has 182 valence electrons. The average Bonchev–Trinajstić information content (AvgIpc) is 3.56. The summed E-state index contributed by atoms with van der Waals surface area (Å²) in [5, 5.41) is 3.41. The number of methoxy groups -OCH3 is 2. The van der Waals surface area contributed by atoms with Crippen molar-refractivity contribution in [1.82, 2.24) is 4.98 Å². The van der Waals surface area contributed by atoms with Crippen LogP contribution in [-0.2, 0) is 16.0 Å². The van der Waals surface area contributed by atoms with Crippen molar-refractivity contribution in [2.45, 2.75) is 12.8 Å². The summed E-state index contributed by atoms with van der Waals surface area (Å²) < 4.78 is 21.4. The fraction of sp³-hybridized carbons (Fsp3) is 0.179. The Morgan fingerprint density at radius 3 is 2.64 bits per heavy atom. The van der Waals surface area contributed by atoms with Crippen LogP contribution in [0.25, 0.3) is 22.6 Å². The summed E-state index contributed by atoms with van der Waals surface area (Å²) in [4.78, 5) is 30.6. The number of pyridine rings is 1. The van der Waals surface area contributed by atoms with Gasteiger partial charge in [0.1, 0.15) is 5.76 Å². The second-order valence-electron chi connectivity index (χ2n) is 8.21. The summed E-state index contributed by atoms with van der Waals surface area (Å²) in [7, 11) is 3.04. The minimum absolute atomic E-state index is 0.437. The highest BCUT2D eigenvalue weighted by Gasteiger charge is 2.28. The molecule has 0 saturated carbocycles. The molecule has 1 aliphatic rings. The van der Waals surface area contributed by atoms with Crippen LogP contribution in [0.15, 0.2) is 65.3 Å². The van der Waals surface area contributed by atoms with Crippen molar-refractivity contribution in [3.63, 3.8) is 0 Å². The zero-order valence-electron chi connectivity index (χ0n) is 19.9. The van der Waals surface area contributed by atoms with Crippen LogP contribution in [0.3, 0.4) is 0 Å². The SMILES string of the molecule is COc1ccc(NC(=O)COC(=O)c2c3c(nc4ccccc24)/C(=C/c2ccco2)CC3)cc1OC. The molecule has 0 saturated heterocycles. The largest absolute Gasteiger partial charge is 0.493 e. The number of benzene rings is 2. The first kappa shape index (κ1) is 23.2. The molecule has 8 heteroatoms. The number of esters is 1. The molecule has 36 heavy (non-hydrogen) atoms. The quantitative estimate of drug-likeness (QED) is 0.363. The van der Waals surface area contributed by atoms with E-state index in [2.05, 4.69) is 5.32 Å². The number of carbonyl (C=O) groups is 2. The predicted molar refractivity (Wildman–Crippen MR) is 135 cm³/mol. The minimum Gasteiger partial charge on any atom is -0.493 e. The molecule has 1 amide bonds. The number of carbonyl (C=O) groups excluding carboxylic acids is 2. The van der Waals surface area contributed by atoms with Gasteiger partial charge in [-0.25, -0.2) is 9.78 Å². The van der Waals surface area contributed by atoms with E-state index in [1.54, 1.807) is 24.5 Å². The van der Waals surface area contributed by atoms with Crippen LogP contribution >= 0.6 is 0 Å². The zero-order valence-corrected chi connectivity index (χ0v) is 19.9. The lowest BCUT2D eigenvalue weighted by molar-refractivity contribution is -0.119. The van der Waals surface area contributed by atoms with Gasteiger partial charge in [-0.1, -0.05) is 18.2 Å². The molecule has 0 unspecified atom stereocenters. The lowest BCUT2D eigenvalue weighted by atomic mass is 10.0. The highest BCUT2D eigenvalue weighted by molar-refractivity contribution is 6.08. The zero-order chi connectivity index (χ0) is 25.1.